The molecule has 0 saturated heterocycles. The van der Waals surface area contributed by atoms with Crippen LogP contribution in [0.1, 0.15) is 34.7 Å². The first kappa shape index (κ1) is 26.1. The maximum atomic E-state index is 6.29. The van der Waals surface area contributed by atoms with Crippen molar-refractivity contribution in [2.75, 3.05) is 0 Å². The molecule has 0 amide bonds. The minimum Gasteiger partial charge on any atom is -0.456 e. The second-order valence-corrected chi connectivity index (χ2v) is 12.3. The highest BCUT2D eigenvalue weighted by molar-refractivity contribution is 6.27. The van der Waals surface area contributed by atoms with Crippen LogP contribution in [0.15, 0.2) is 154 Å². The van der Waals surface area contributed by atoms with Crippen molar-refractivity contribution >= 4 is 71.8 Å². The van der Waals surface area contributed by atoms with Gasteiger partial charge in [-0.3, -0.25) is 0 Å². The highest BCUT2D eigenvalue weighted by atomic mass is 16.3. The van der Waals surface area contributed by atoms with Crippen LogP contribution in [0.2, 0.25) is 0 Å². The van der Waals surface area contributed by atoms with Gasteiger partial charge in [-0.2, -0.15) is 0 Å². The summed E-state index contributed by atoms with van der Waals surface area (Å²) in [5.74, 6) is 2.44. The summed E-state index contributed by atoms with van der Waals surface area (Å²) in [4.78, 5) is 10.7. The van der Waals surface area contributed by atoms with Crippen molar-refractivity contribution in [3.05, 3.63) is 162 Å². The third-order valence-corrected chi connectivity index (χ3v) is 9.56. The van der Waals surface area contributed by atoms with Gasteiger partial charge in [0.15, 0.2) is 6.17 Å². The second kappa shape index (κ2) is 10.2. The lowest BCUT2D eigenvalue weighted by atomic mass is 9.92. The van der Waals surface area contributed by atoms with Crippen LogP contribution < -0.4 is 10.6 Å². The van der Waals surface area contributed by atoms with Crippen molar-refractivity contribution in [3.8, 4) is 0 Å². The summed E-state index contributed by atoms with van der Waals surface area (Å²) < 4.78 is 6.29. The van der Waals surface area contributed by atoms with Crippen molar-refractivity contribution in [2.24, 2.45) is 9.98 Å². The first-order valence-corrected chi connectivity index (χ1v) is 16.0. The number of furan rings is 1. The lowest BCUT2D eigenvalue weighted by molar-refractivity contribution is 0.585. The molecule has 2 aliphatic heterocycles. The zero-order chi connectivity index (χ0) is 30.9. The van der Waals surface area contributed by atoms with Crippen molar-refractivity contribution in [1.29, 1.82) is 0 Å². The van der Waals surface area contributed by atoms with Gasteiger partial charge in [0.1, 0.15) is 29.1 Å². The highest BCUT2D eigenvalue weighted by Gasteiger charge is 2.32. The number of hydrogen-bond donors (Lipinski definition) is 2. The molecule has 0 bridgehead atoms. The maximum Gasteiger partial charge on any atom is 0.169 e. The number of nitrogens with one attached hydrogen (secondary N) is 2. The molecular weight excluding hydrogens is 576 g/mol. The Morgan fingerprint density at radius 2 is 1.28 bits per heavy atom. The highest BCUT2D eigenvalue weighted by Crippen LogP contribution is 2.39. The number of rotatable bonds is 3. The average molecular weight is 605 g/mol. The van der Waals surface area contributed by atoms with E-state index < -0.39 is 6.17 Å². The average Bonchev–Trinajstić information content (AvgIpc) is 3.53. The van der Waals surface area contributed by atoms with Crippen LogP contribution in [0.4, 0.5) is 0 Å². The lowest BCUT2D eigenvalue weighted by Gasteiger charge is -2.29. The molecule has 47 heavy (non-hydrogen) atoms. The van der Waals surface area contributed by atoms with Gasteiger partial charge in [0.25, 0.3) is 0 Å². The molecule has 0 fully saturated rings. The molecule has 3 heterocycles. The summed E-state index contributed by atoms with van der Waals surface area (Å²) in [5, 5.41) is 18.0. The summed E-state index contributed by atoms with van der Waals surface area (Å²) in [6, 6.07) is 46.9. The quantitative estimate of drug-likeness (QED) is 0.197. The predicted octanol–water partition coefficient (Wildman–Crippen LogP) is 9.81. The fourth-order valence-electron chi connectivity index (χ4n) is 7.36. The molecule has 2 atom stereocenters. The summed E-state index contributed by atoms with van der Waals surface area (Å²) in [5.41, 5.74) is 4.02. The minimum absolute atomic E-state index is 0.250. The SMILES string of the molecule is C1=Cc2oc3ccccc3c2C(C2=NC(c3ccc4ccccc4c3)N=C(c3cc4ccccc4c4c3ccc3ccccc34)N2)N1. The van der Waals surface area contributed by atoms with E-state index in [4.69, 9.17) is 14.4 Å². The predicted molar refractivity (Wildman–Crippen MR) is 194 cm³/mol. The molecule has 8 aromatic rings. The number of nitrogens with zero attached hydrogens (tertiary/aromatic N) is 2. The van der Waals surface area contributed by atoms with Crippen molar-refractivity contribution in [1.82, 2.24) is 10.6 Å². The van der Waals surface area contributed by atoms with Gasteiger partial charge in [-0.25, -0.2) is 9.98 Å². The van der Waals surface area contributed by atoms with Crippen LogP contribution >= 0.6 is 0 Å². The molecular formula is C42H28N4O. The minimum atomic E-state index is -0.442. The lowest BCUT2D eigenvalue weighted by Crippen LogP contribution is -2.43. The number of aliphatic imine (C=N–C) groups is 2. The molecule has 2 unspecified atom stereocenters. The normalized spacial score (nSPS) is 17.4. The van der Waals surface area contributed by atoms with Crippen LogP contribution in [0.5, 0.6) is 0 Å². The van der Waals surface area contributed by atoms with Crippen molar-refractivity contribution in [3.63, 3.8) is 0 Å². The van der Waals surface area contributed by atoms with Crippen LogP contribution in [-0.4, -0.2) is 11.7 Å². The molecule has 2 N–H and O–H groups in total. The Hall–Kier alpha value is -6.20. The van der Waals surface area contributed by atoms with E-state index in [0.717, 1.165) is 50.5 Å². The number of fused-ring (bicyclic) bond motifs is 9. The van der Waals surface area contributed by atoms with Crippen LogP contribution in [0, 0.1) is 0 Å². The Kier molecular flexibility index (Phi) is 5.63. The fraction of sp³-hybridized carbons (Fsp3) is 0.0476. The number of benzene rings is 7. The van der Waals surface area contributed by atoms with E-state index in [1.54, 1.807) is 0 Å². The van der Waals surface area contributed by atoms with Gasteiger partial charge in [0.2, 0.25) is 0 Å². The molecule has 0 radical (unpaired) electrons. The fourth-order valence-corrected chi connectivity index (χ4v) is 7.36. The first-order chi connectivity index (χ1) is 23.3. The molecule has 0 spiro atoms. The van der Waals surface area contributed by atoms with Gasteiger partial charge in [-0.15, -0.1) is 0 Å². The van der Waals surface area contributed by atoms with Crippen LogP contribution in [0.25, 0.3) is 60.1 Å². The standard InChI is InChI=1S/C42H28N4O/c1-2-11-27-23-29(18-17-25(27)9-1)40-44-41(46-42(45-40)39-38-33-15-7-8-16-35(33)47-36(38)21-22-43-39)34-24-28-12-4-6-14-31(28)37-30-13-5-3-10-26(30)19-20-32(34)37/h1-24,39-40,43H,(H,44,45,46). The topological polar surface area (TPSA) is 61.9 Å². The summed E-state index contributed by atoms with van der Waals surface area (Å²) in [6.45, 7) is 0. The van der Waals surface area contributed by atoms with Gasteiger partial charge in [0.05, 0.1) is 0 Å². The zero-order valence-electron chi connectivity index (χ0n) is 25.3. The molecule has 0 aliphatic carbocycles. The van der Waals surface area contributed by atoms with Gasteiger partial charge in [-0.05, 0) is 72.9 Å². The third-order valence-electron chi connectivity index (χ3n) is 9.56. The van der Waals surface area contributed by atoms with E-state index in [9.17, 15) is 0 Å². The van der Waals surface area contributed by atoms with Gasteiger partial charge < -0.3 is 15.1 Å². The summed E-state index contributed by atoms with van der Waals surface area (Å²) in [6.07, 6.45) is 3.50. The summed E-state index contributed by atoms with van der Waals surface area (Å²) >= 11 is 0. The molecule has 5 nitrogen and oxygen atoms in total. The Morgan fingerprint density at radius 3 is 2.15 bits per heavy atom. The Morgan fingerprint density at radius 1 is 0.574 bits per heavy atom. The summed E-state index contributed by atoms with van der Waals surface area (Å²) in [7, 11) is 0. The monoisotopic (exact) mass is 604 g/mol. The van der Waals surface area contributed by atoms with Crippen molar-refractivity contribution < 1.29 is 4.42 Å². The second-order valence-electron chi connectivity index (χ2n) is 12.3. The van der Waals surface area contributed by atoms with E-state index in [-0.39, 0.29) is 6.04 Å². The van der Waals surface area contributed by atoms with Crippen molar-refractivity contribution in [2.45, 2.75) is 12.2 Å². The molecule has 5 heteroatoms. The maximum absolute atomic E-state index is 6.29. The Bertz CT molecular complexity index is 2650. The molecule has 7 aromatic carbocycles. The van der Waals surface area contributed by atoms with E-state index in [0.29, 0.717) is 0 Å². The van der Waals surface area contributed by atoms with Gasteiger partial charge >= 0.3 is 0 Å². The molecule has 2 aliphatic rings. The Balaban J connectivity index is 1.21. The molecule has 10 rings (SSSR count). The molecule has 0 saturated carbocycles. The van der Waals surface area contributed by atoms with Crippen LogP contribution in [0.3, 0.4) is 0 Å². The third kappa shape index (κ3) is 4.10. The first-order valence-electron chi connectivity index (χ1n) is 16.0. The van der Waals surface area contributed by atoms with Gasteiger partial charge in [-0.1, -0.05) is 115 Å². The molecule has 222 valence electrons. The number of amidine groups is 2. The van der Waals surface area contributed by atoms with E-state index in [1.807, 2.05) is 24.4 Å². The van der Waals surface area contributed by atoms with E-state index in [2.05, 4.69) is 132 Å². The smallest absolute Gasteiger partial charge is 0.169 e. The Labute approximate surface area is 270 Å². The number of para-hydroxylation sites is 1. The largest absolute Gasteiger partial charge is 0.456 e. The van der Waals surface area contributed by atoms with E-state index >= 15 is 0 Å². The van der Waals surface area contributed by atoms with Crippen LogP contribution in [-0.2, 0) is 0 Å². The molecule has 1 aromatic heterocycles. The zero-order valence-corrected chi connectivity index (χ0v) is 25.3. The number of hydrogen-bond acceptors (Lipinski definition) is 5. The van der Waals surface area contributed by atoms with E-state index in [1.165, 1.54) is 37.7 Å². The van der Waals surface area contributed by atoms with Gasteiger partial charge in [0, 0.05) is 22.7 Å².